The molecule has 1 aromatic heterocycles. The molecule has 1 amide bonds. The summed E-state index contributed by atoms with van der Waals surface area (Å²) in [6.07, 6.45) is 0. The Morgan fingerprint density at radius 1 is 1.03 bits per heavy atom. The van der Waals surface area contributed by atoms with Crippen LogP contribution in [0.25, 0.3) is 22.2 Å². The van der Waals surface area contributed by atoms with E-state index in [1.807, 2.05) is 60.1 Å². The summed E-state index contributed by atoms with van der Waals surface area (Å²) >= 11 is 6.28. The van der Waals surface area contributed by atoms with Gasteiger partial charge in [0.2, 0.25) is 5.91 Å². The zero-order chi connectivity index (χ0) is 23.3. The van der Waals surface area contributed by atoms with Gasteiger partial charge in [0.25, 0.3) is 0 Å². The molecule has 1 N–H and O–H groups in total. The molecular weight excluding hydrogens is 420 g/mol. The van der Waals surface area contributed by atoms with Crippen LogP contribution in [0.15, 0.2) is 48.5 Å². The summed E-state index contributed by atoms with van der Waals surface area (Å²) in [4.78, 5) is 15.4. The van der Waals surface area contributed by atoms with Crippen molar-refractivity contribution >= 4 is 28.4 Å². The van der Waals surface area contributed by atoms with Gasteiger partial charge in [-0.1, -0.05) is 69.6 Å². The van der Waals surface area contributed by atoms with Gasteiger partial charge in [0, 0.05) is 42.2 Å². The topological polar surface area (TPSA) is 50.2 Å². The Morgan fingerprint density at radius 3 is 2.31 bits per heavy atom. The third-order valence-corrected chi connectivity index (χ3v) is 5.67. The van der Waals surface area contributed by atoms with Gasteiger partial charge in [0.1, 0.15) is 11.7 Å². The SMILES string of the molecule is CC(C)CN(CCNC(=O)[C@@H](C)n1nc(-c2ccccc2)c2cc(Cl)ccc21)CC(C)C. The lowest BCUT2D eigenvalue weighted by Gasteiger charge is -2.26. The van der Waals surface area contributed by atoms with Crippen LogP contribution < -0.4 is 5.32 Å². The fraction of sp³-hybridized carbons (Fsp3) is 0.462. The molecule has 6 heteroatoms. The van der Waals surface area contributed by atoms with E-state index in [0.29, 0.717) is 23.4 Å². The first-order valence-corrected chi connectivity index (χ1v) is 11.9. The number of carbonyl (C=O) groups is 1. The van der Waals surface area contributed by atoms with Crippen molar-refractivity contribution in [1.29, 1.82) is 0 Å². The van der Waals surface area contributed by atoms with Gasteiger partial charge in [0.05, 0.1) is 5.52 Å². The molecule has 1 heterocycles. The smallest absolute Gasteiger partial charge is 0.244 e. The van der Waals surface area contributed by atoms with Crippen LogP contribution in [0.5, 0.6) is 0 Å². The lowest BCUT2D eigenvalue weighted by molar-refractivity contribution is -0.124. The molecule has 0 fully saturated rings. The minimum absolute atomic E-state index is 0.0296. The number of nitrogens with zero attached hydrogens (tertiary/aromatic N) is 3. The van der Waals surface area contributed by atoms with E-state index in [4.69, 9.17) is 16.7 Å². The molecular formula is C26H35ClN4O. The van der Waals surface area contributed by atoms with Gasteiger partial charge >= 0.3 is 0 Å². The number of hydrogen-bond donors (Lipinski definition) is 1. The number of hydrogen-bond acceptors (Lipinski definition) is 3. The molecule has 3 aromatic rings. The maximum absolute atomic E-state index is 13.0. The molecule has 0 unspecified atom stereocenters. The van der Waals surface area contributed by atoms with Crippen LogP contribution in [-0.4, -0.2) is 46.8 Å². The monoisotopic (exact) mass is 454 g/mol. The van der Waals surface area contributed by atoms with Crippen molar-refractivity contribution in [2.75, 3.05) is 26.2 Å². The summed E-state index contributed by atoms with van der Waals surface area (Å²) in [6.45, 7) is 14.4. The summed E-state index contributed by atoms with van der Waals surface area (Å²) < 4.78 is 1.81. The Hall–Kier alpha value is -2.37. The predicted molar refractivity (Wildman–Crippen MR) is 134 cm³/mol. The average molecular weight is 455 g/mol. The van der Waals surface area contributed by atoms with Crippen LogP contribution >= 0.6 is 11.6 Å². The van der Waals surface area contributed by atoms with Crippen LogP contribution in [-0.2, 0) is 4.79 Å². The number of halogens is 1. The summed E-state index contributed by atoms with van der Waals surface area (Å²) in [6, 6.07) is 15.3. The van der Waals surface area contributed by atoms with Gasteiger partial charge in [0.15, 0.2) is 0 Å². The highest BCUT2D eigenvalue weighted by atomic mass is 35.5. The number of amides is 1. The molecule has 0 saturated heterocycles. The third kappa shape index (κ3) is 6.11. The number of rotatable bonds is 10. The van der Waals surface area contributed by atoms with Crippen molar-refractivity contribution in [1.82, 2.24) is 20.0 Å². The molecule has 0 aliphatic rings. The van der Waals surface area contributed by atoms with Crippen molar-refractivity contribution in [3.63, 3.8) is 0 Å². The van der Waals surface area contributed by atoms with Crippen molar-refractivity contribution in [2.24, 2.45) is 11.8 Å². The Morgan fingerprint density at radius 2 is 1.69 bits per heavy atom. The summed E-state index contributed by atoms with van der Waals surface area (Å²) in [5.41, 5.74) is 2.74. The summed E-state index contributed by atoms with van der Waals surface area (Å²) in [7, 11) is 0. The van der Waals surface area contributed by atoms with E-state index in [9.17, 15) is 4.79 Å². The minimum atomic E-state index is -0.431. The third-order valence-electron chi connectivity index (χ3n) is 5.44. The lowest BCUT2D eigenvalue weighted by Crippen LogP contribution is -2.40. The molecule has 5 nitrogen and oxygen atoms in total. The van der Waals surface area contributed by atoms with Gasteiger partial charge in [-0.25, -0.2) is 0 Å². The molecule has 0 spiro atoms. The molecule has 32 heavy (non-hydrogen) atoms. The van der Waals surface area contributed by atoms with E-state index in [1.165, 1.54) is 0 Å². The predicted octanol–water partition coefficient (Wildman–Crippen LogP) is 5.65. The van der Waals surface area contributed by atoms with Crippen LogP contribution in [0, 0.1) is 11.8 Å². The molecule has 172 valence electrons. The maximum atomic E-state index is 13.0. The Bertz CT molecular complexity index is 1020. The number of nitrogens with one attached hydrogen (secondary N) is 1. The summed E-state index contributed by atoms with van der Waals surface area (Å²) in [5.74, 6) is 1.17. The number of aromatic nitrogens is 2. The van der Waals surface area contributed by atoms with Crippen LogP contribution in [0.3, 0.4) is 0 Å². The van der Waals surface area contributed by atoms with Crippen LogP contribution in [0.4, 0.5) is 0 Å². The van der Waals surface area contributed by atoms with Gasteiger partial charge in [-0.05, 0) is 37.0 Å². The van der Waals surface area contributed by atoms with E-state index in [2.05, 4.69) is 37.9 Å². The van der Waals surface area contributed by atoms with Gasteiger partial charge < -0.3 is 10.2 Å². The number of benzene rings is 2. The van der Waals surface area contributed by atoms with Crippen molar-refractivity contribution in [3.05, 3.63) is 53.6 Å². The number of fused-ring (bicyclic) bond motifs is 1. The Labute approximate surface area is 196 Å². The van der Waals surface area contributed by atoms with Gasteiger partial charge in [-0.15, -0.1) is 0 Å². The highest BCUT2D eigenvalue weighted by Gasteiger charge is 2.21. The fourth-order valence-corrected chi connectivity index (χ4v) is 4.28. The van der Waals surface area contributed by atoms with Crippen molar-refractivity contribution < 1.29 is 4.79 Å². The Kier molecular flexibility index (Phi) is 8.32. The van der Waals surface area contributed by atoms with Crippen molar-refractivity contribution in [2.45, 2.75) is 40.7 Å². The lowest BCUT2D eigenvalue weighted by atomic mass is 10.1. The standard InChI is InChI=1S/C26H35ClN4O/c1-18(2)16-30(17-19(3)4)14-13-28-26(32)20(5)31-24-12-11-22(27)15-23(24)25(29-31)21-9-7-6-8-10-21/h6-12,15,18-20H,13-14,16-17H2,1-5H3,(H,28,32)/t20-/m1/s1. The zero-order valence-corrected chi connectivity index (χ0v) is 20.6. The van der Waals surface area contributed by atoms with Crippen LogP contribution in [0.2, 0.25) is 5.02 Å². The second kappa shape index (κ2) is 11.0. The molecule has 0 aliphatic carbocycles. The second-order valence-corrected chi connectivity index (χ2v) is 9.77. The maximum Gasteiger partial charge on any atom is 0.244 e. The first kappa shape index (κ1) is 24.3. The molecule has 3 rings (SSSR count). The summed E-state index contributed by atoms with van der Waals surface area (Å²) in [5, 5.41) is 9.55. The molecule has 2 aromatic carbocycles. The minimum Gasteiger partial charge on any atom is -0.353 e. The first-order chi connectivity index (χ1) is 15.3. The molecule has 0 bridgehead atoms. The van der Waals surface area contributed by atoms with E-state index in [1.54, 1.807) is 0 Å². The van der Waals surface area contributed by atoms with Crippen molar-refractivity contribution in [3.8, 4) is 11.3 Å². The normalized spacial score (nSPS) is 12.8. The zero-order valence-electron chi connectivity index (χ0n) is 19.8. The van der Waals surface area contributed by atoms with E-state index >= 15 is 0 Å². The molecule has 0 radical (unpaired) electrons. The van der Waals surface area contributed by atoms with Gasteiger partial charge in [-0.3, -0.25) is 9.48 Å². The molecule has 1 atom stereocenters. The molecule has 0 aliphatic heterocycles. The van der Waals surface area contributed by atoms with Gasteiger partial charge in [-0.2, -0.15) is 5.10 Å². The quantitative estimate of drug-likeness (QED) is 0.430. The number of carbonyl (C=O) groups excluding carboxylic acids is 1. The van der Waals surface area contributed by atoms with E-state index < -0.39 is 6.04 Å². The molecule has 0 saturated carbocycles. The first-order valence-electron chi connectivity index (χ1n) is 11.5. The highest BCUT2D eigenvalue weighted by molar-refractivity contribution is 6.31. The largest absolute Gasteiger partial charge is 0.353 e. The van der Waals surface area contributed by atoms with E-state index in [-0.39, 0.29) is 5.91 Å². The fourth-order valence-electron chi connectivity index (χ4n) is 4.10. The second-order valence-electron chi connectivity index (χ2n) is 9.33. The highest BCUT2D eigenvalue weighted by Crippen LogP contribution is 2.31. The average Bonchev–Trinajstić information content (AvgIpc) is 3.11. The Balaban J connectivity index is 1.76. The van der Waals surface area contributed by atoms with E-state index in [0.717, 1.165) is 41.8 Å². The van der Waals surface area contributed by atoms with Crippen LogP contribution in [0.1, 0.15) is 40.7 Å².